The summed E-state index contributed by atoms with van der Waals surface area (Å²) in [6, 6.07) is 0.624. The number of rotatable bonds is 4. The Kier molecular flexibility index (Phi) is 8.33. The molecule has 5 rings (SSSR count). The minimum absolute atomic E-state index is 0.0320. The number of pyridine rings is 1. The van der Waals surface area contributed by atoms with E-state index in [9.17, 15) is 17.6 Å². The van der Waals surface area contributed by atoms with Crippen molar-refractivity contribution >= 4 is 16.1 Å². The second-order valence-corrected chi connectivity index (χ2v) is 11.1. The third-order valence-corrected chi connectivity index (χ3v) is 7.92. The molecule has 4 heterocycles. The second kappa shape index (κ2) is 11.3. The molecule has 10 nitrogen and oxygen atoms in total. The first-order valence-corrected chi connectivity index (χ1v) is 13.8. The Bertz CT molecular complexity index is 987. The molecule has 3 atom stereocenters. The quantitative estimate of drug-likeness (QED) is 0.651. The lowest BCUT2D eigenvalue weighted by Gasteiger charge is -2.33. The van der Waals surface area contributed by atoms with Gasteiger partial charge in [0, 0.05) is 36.6 Å². The van der Waals surface area contributed by atoms with E-state index in [4.69, 9.17) is 18.9 Å². The average molecular weight is 516 g/mol. The van der Waals surface area contributed by atoms with Gasteiger partial charge in [-0.05, 0) is 39.0 Å². The molecule has 0 radical (unpaired) electrons. The highest BCUT2D eigenvalue weighted by atomic mass is 32.2. The van der Waals surface area contributed by atoms with Gasteiger partial charge in [-0.2, -0.15) is 0 Å². The lowest BCUT2D eigenvalue weighted by molar-refractivity contribution is -0.0107. The Hall–Kier alpha value is -2.18. The molecule has 1 aliphatic carbocycles. The molecular weight excluding hydrogens is 481 g/mol. The highest BCUT2D eigenvalue weighted by Crippen LogP contribution is 2.36. The number of amides is 1. The van der Waals surface area contributed by atoms with Crippen LogP contribution in [-0.2, 0) is 19.5 Å². The monoisotopic (exact) mass is 515 g/mol. The lowest BCUT2D eigenvalue weighted by Crippen LogP contribution is -2.50. The van der Waals surface area contributed by atoms with Crippen LogP contribution in [0.2, 0.25) is 0 Å². The van der Waals surface area contributed by atoms with Crippen LogP contribution in [0.4, 0.5) is 9.18 Å². The molecule has 4 aliphatic rings. The Morgan fingerprint density at radius 3 is 2.66 bits per heavy atom. The highest BCUT2D eigenvalue weighted by Gasteiger charge is 2.44. The number of hydrogen-bond donors (Lipinski definition) is 1. The average Bonchev–Trinajstić information content (AvgIpc) is 3.15. The van der Waals surface area contributed by atoms with Crippen LogP contribution in [0.3, 0.4) is 0 Å². The van der Waals surface area contributed by atoms with Crippen molar-refractivity contribution in [3.63, 3.8) is 0 Å². The van der Waals surface area contributed by atoms with E-state index < -0.39 is 34.2 Å². The molecule has 1 aromatic heterocycles. The van der Waals surface area contributed by atoms with Gasteiger partial charge in [0.2, 0.25) is 21.9 Å². The van der Waals surface area contributed by atoms with Crippen molar-refractivity contribution in [2.45, 2.75) is 75.6 Å². The van der Waals surface area contributed by atoms with Crippen molar-refractivity contribution in [2.75, 3.05) is 32.9 Å². The van der Waals surface area contributed by atoms with Crippen molar-refractivity contribution in [1.29, 1.82) is 0 Å². The van der Waals surface area contributed by atoms with E-state index in [1.165, 1.54) is 4.90 Å². The zero-order valence-electron chi connectivity index (χ0n) is 20.2. The molecule has 1 saturated carbocycles. The van der Waals surface area contributed by atoms with Gasteiger partial charge >= 0.3 is 6.09 Å². The topological polar surface area (TPSA) is 116 Å². The number of carbonyl (C=O) groups is 1. The van der Waals surface area contributed by atoms with Crippen LogP contribution < -0.4 is 14.2 Å². The number of carbonyl (C=O) groups excluding carboxylic acids is 1. The first kappa shape index (κ1) is 25.9. The molecule has 3 aliphatic heterocycles. The number of halogens is 1. The van der Waals surface area contributed by atoms with Crippen molar-refractivity contribution < 1.29 is 36.6 Å². The van der Waals surface area contributed by atoms with Gasteiger partial charge in [-0.25, -0.2) is 27.3 Å². The maximum absolute atomic E-state index is 13.0. The van der Waals surface area contributed by atoms with E-state index in [1.807, 2.05) is 13.0 Å². The highest BCUT2D eigenvalue weighted by molar-refractivity contribution is 7.89. The molecule has 4 bridgehead atoms. The number of aromatic nitrogens is 1. The van der Waals surface area contributed by atoms with Crippen molar-refractivity contribution in [3.8, 4) is 11.6 Å². The number of methoxy groups -OCH3 is 1. The van der Waals surface area contributed by atoms with Gasteiger partial charge in [-0.3, -0.25) is 4.90 Å². The molecule has 35 heavy (non-hydrogen) atoms. The van der Waals surface area contributed by atoms with Crippen LogP contribution in [0, 0.1) is 0 Å². The summed E-state index contributed by atoms with van der Waals surface area (Å²) in [5, 5.41) is 0. The number of alkyl halides is 1. The molecule has 2 fully saturated rings. The number of hydrogen-bond acceptors (Lipinski definition) is 8. The van der Waals surface area contributed by atoms with Crippen molar-refractivity contribution in [1.82, 2.24) is 14.6 Å². The molecule has 1 N–H and O–H groups in total. The third kappa shape index (κ3) is 6.34. The van der Waals surface area contributed by atoms with E-state index >= 15 is 0 Å². The van der Waals surface area contributed by atoms with Crippen molar-refractivity contribution in [2.24, 2.45) is 0 Å². The predicted molar refractivity (Wildman–Crippen MR) is 125 cm³/mol. The Morgan fingerprint density at radius 2 is 1.94 bits per heavy atom. The maximum Gasteiger partial charge on any atom is 0.410 e. The van der Waals surface area contributed by atoms with E-state index in [0.29, 0.717) is 31.1 Å². The summed E-state index contributed by atoms with van der Waals surface area (Å²) in [6.45, 7) is 2.39. The van der Waals surface area contributed by atoms with Crippen LogP contribution >= 0.6 is 0 Å². The smallest absolute Gasteiger partial charge is 0.410 e. The summed E-state index contributed by atoms with van der Waals surface area (Å²) in [7, 11) is -2.49. The normalized spacial score (nSPS) is 30.2. The number of ether oxygens (including phenoxy) is 4. The molecule has 0 aromatic carbocycles. The zero-order chi connectivity index (χ0) is 25.0. The standard InChI is InChI=1S/C23H34FN3O7S/c1-15-10-20(26-35(29,30)14-24)21-13-34-17-6-4-16(5-7-17)19-11-18(31-2)12-22(25-19)32-8-3-9-33-23(28)27(15)21/h11-12,15-17,20-21,26H,3-10,13-14H2,1-2H3/t15-,16?,17?,20+,21+/m1/s1. The minimum atomic E-state index is -4.10. The minimum Gasteiger partial charge on any atom is -0.496 e. The fraction of sp³-hybridized carbons (Fsp3) is 0.739. The van der Waals surface area contributed by atoms with Gasteiger partial charge in [-0.1, -0.05) is 0 Å². The number of sulfonamides is 1. The molecule has 1 aromatic rings. The van der Waals surface area contributed by atoms with Crippen LogP contribution in [0.25, 0.3) is 0 Å². The summed E-state index contributed by atoms with van der Waals surface area (Å²) in [5.41, 5.74) is 0.921. The molecule has 1 saturated heterocycles. The van der Waals surface area contributed by atoms with Gasteiger partial charge in [0.05, 0.1) is 44.8 Å². The SMILES string of the molecule is COc1cc2nc(c1)C1CCC(CC1)OC[C@H]1[C@@H](NS(=O)(=O)CF)C[C@@H](C)N1C(=O)OCCCO2. The molecule has 0 unspecified atom stereocenters. The van der Waals surface area contributed by atoms with Crippen LogP contribution in [0.5, 0.6) is 11.6 Å². The molecule has 1 amide bonds. The fourth-order valence-electron chi connectivity index (χ4n) is 5.19. The lowest BCUT2D eigenvalue weighted by atomic mass is 9.85. The second-order valence-electron chi connectivity index (χ2n) is 9.40. The summed E-state index contributed by atoms with van der Waals surface area (Å²) in [6.07, 6.45) is 3.55. The van der Waals surface area contributed by atoms with E-state index in [1.54, 1.807) is 13.2 Å². The largest absolute Gasteiger partial charge is 0.496 e. The first-order valence-electron chi connectivity index (χ1n) is 12.1. The summed E-state index contributed by atoms with van der Waals surface area (Å²) in [5.74, 6) is 1.41. The van der Waals surface area contributed by atoms with Gasteiger partial charge in [0.1, 0.15) is 5.75 Å². The number of fused-ring (bicyclic) bond motifs is 8. The Labute approximate surface area is 205 Å². The molecular formula is C23H34FN3O7S. The van der Waals surface area contributed by atoms with Crippen LogP contribution in [-0.4, -0.2) is 81.6 Å². The molecule has 12 heteroatoms. The van der Waals surface area contributed by atoms with Crippen molar-refractivity contribution in [3.05, 3.63) is 17.8 Å². The molecule has 0 spiro atoms. The van der Waals surface area contributed by atoms with Gasteiger partial charge in [-0.15, -0.1) is 0 Å². The predicted octanol–water partition coefficient (Wildman–Crippen LogP) is 2.73. The third-order valence-electron chi connectivity index (χ3n) is 6.97. The van der Waals surface area contributed by atoms with E-state index in [-0.39, 0.29) is 31.3 Å². The Balaban J connectivity index is 1.53. The number of nitrogens with one attached hydrogen (secondary N) is 1. The van der Waals surface area contributed by atoms with Crippen LogP contribution in [0.1, 0.15) is 57.1 Å². The van der Waals surface area contributed by atoms with E-state index in [0.717, 1.165) is 31.4 Å². The first-order chi connectivity index (χ1) is 16.8. The van der Waals surface area contributed by atoms with Gasteiger partial charge in [0.15, 0.2) is 0 Å². The fourth-order valence-corrected chi connectivity index (χ4v) is 5.97. The van der Waals surface area contributed by atoms with E-state index in [2.05, 4.69) is 9.71 Å². The van der Waals surface area contributed by atoms with Gasteiger partial charge < -0.3 is 18.9 Å². The summed E-state index contributed by atoms with van der Waals surface area (Å²) >= 11 is 0. The Morgan fingerprint density at radius 1 is 1.20 bits per heavy atom. The molecule has 196 valence electrons. The van der Waals surface area contributed by atoms with Crippen LogP contribution in [0.15, 0.2) is 12.1 Å². The summed E-state index contributed by atoms with van der Waals surface area (Å²) in [4.78, 5) is 19.1. The summed E-state index contributed by atoms with van der Waals surface area (Å²) < 4.78 is 62.2. The van der Waals surface area contributed by atoms with Gasteiger partial charge in [0.25, 0.3) is 0 Å². The number of nitrogens with zero attached hydrogens (tertiary/aromatic N) is 2. The zero-order valence-corrected chi connectivity index (χ0v) is 21.0. The maximum atomic E-state index is 13.0.